The van der Waals surface area contributed by atoms with Crippen LogP contribution in [0.4, 0.5) is 5.13 Å². The molecule has 1 aliphatic heterocycles. The van der Waals surface area contributed by atoms with Crippen molar-refractivity contribution < 1.29 is 9.59 Å². The van der Waals surface area contributed by atoms with Crippen LogP contribution in [0.25, 0.3) is 0 Å². The van der Waals surface area contributed by atoms with E-state index in [0.29, 0.717) is 27.3 Å². The quantitative estimate of drug-likeness (QED) is 0.898. The van der Waals surface area contributed by atoms with Crippen molar-refractivity contribution in [1.29, 1.82) is 0 Å². The number of rotatable bonds is 3. The summed E-state index contributed by atoms with van der Waals surface area (Å²) in [5, 5.41) is 5.31. The highest BCUT2D eigenvalue weighted by Crippen LogP contribution is 2.22. The number of nitrogens with zero attached hydrogens (tertiary/aromatic N) is 2. The number of aromatic nitrogens is 1. The maximum absolute atomic E-state index is 12.5. The van der Waals surface area contributed by atoms with E-state index in [2.05, 4.69) is 17.2 Å². The number of carbonyl (C=O) groups is 2. The van der Waals surface area contributed by atoms with Crippen molar-refractivity contribution >= 4 is 39.9 Å². The number of likely N-dealkylation sites (tertiary alicyclic amines) is 1. The minimum absolute atomic E-state index is 0.0681. The van der Waals surface area contributed by atoms with Gasteiger partial charge in [0.25, 0.3) is 11.8 Å². The van der Waals surface area contributed by atoms with E-state index in [0.717, 1.165) is 25.9 Å². The summed E-state index contributed by atoms with van der Waals surface area (Å²) < 4.78 is 0. The van der Waals surface area contributed by atoms with Crippen molar-refractivity contribution in [2.75, 3.05) is 18.4 Å². The van der Waals surface area contributed by atoms with Gasteiger partial charge in [-0.3, -0.25) is 14.9 Å². The number of benzene rings is 1. The Morgan fingerprint density at radius 2 is 2.08 bits per heavy atom. The van der Waals surface area contributed by atoms with Crippen molar-refractivity contribution in [2.24, 2.45) is 5.92 Å². The molecule has 1 saturated heterocycles. The van der Waals surface area contributed by atoms with Crippen molar-refractivity contribution in [3.63, 3.8) is 0 Å². The molecule has 0 aliphatic carbocycles. The van der Waals surface area contributed by atoms with Gasteiger partial charge in [0, 0.05) is 29.1 Å². The molecule has 7 heteroatoms. The van der Waals surface area contributed by atoms with Gasteiger partial charge in [0.05, 0.1) is 0 Å². The molecule has 1 fully saturated rings. The third-order valence-electron chi connectivity index (χ3n) is 4.10. The second-order valence-electron chi connectivity index (χ2n) is 5.98. The predicted octanol–water partition coefficient (Wildman–Crippen LogP) is 3.92. The molecule has 5 nitrogen and oxygen atoms in total. The standard InChI is InChI=1S/C17H18ClN3O2S/c1-11-5-7-21(8-6-11)16(23)14-10-24-17(19-14)20-15(22)12-3-2-4-13(18)9-12/h2-4,9-11H,5-8H2,1H3,(H,19,20,22). The Labute approximate surface area is 149 Å². The molecule has 0 unspecified atom stereocenters. The molecule has 0 radical (unpaired) electrons. The Morgan fingerprint density at radius 1 is 1.33 bits per heavy atom. The van der Waals surface area contributed by atoms with E-state index in [1.807, 2.05) is 4.90 Å². The van der Waals surface area contributed by atoms with Crippen LogP contribution in [-0.2, 0) is 0 Å². The number of halogens is 1. The smallest absolute Gasteiger partial charge is 0.273 e. The number of hydrogen-bond acceptors (Lipinski definition) is 4. The molecule has 3 rings (SSSR count). The first-order valence-electron chi connectivity index (χ1n) is 7.84. The SMILES string of the molecule is CC1CCN(C(=O)c2csc(NC(=O)c3cccc(Cl)c3)n2)CC1. The number of hydrogen-bond donors (Lipinski definition) is 1. The van der Waals surface area contributed by atoms with E-state index >= 15 is 0 Å². The van der Waals surface area contributed by atoms with Gasteiger partial charge in [0.1, 0.15) is 5.69 Å². The first-order valence-corrected chi connectivity index (χ1v) is 9.10. The third kappa shape index (κ3) is 3.94. The van der Waals surface area contributed by atoms with Gasteiger partial charge in [0.15, 0.2) is 5.13 Å². The van der Waals surface area contributed by atoms with Gasteiger partial charge in [-0.05, 0) is 37.0 Å². The van der Waals surface area contributed by atoms with Gasteiger partial charge >= 0.3 is 0 Å². The lowest BCUT2D eigenvalue weighted by molar-refractivity contribution is 0.0692. The molecule has 126 valence electrons. The first kappa shape index (κ1) is 16.9. The van der Waals surface area contributed by atoms with Gasteiger partial charge in [0.2, 0.25) is 0 Å². The summed E-state index contributed by atoms with van der Waals surface area (Å²) in [5.74, 6) is 0.302. The van der Waals surface area contributed by atoms with Crippen LogP contribution in [0.3, 0.4) is 0 Å². The Hall–Kier alpha value is -1.92. The van der Waals surface area contributed by atoms with Crippen molar-refractivity contribution in [2.45, 2.75) is 19.8 Å². The zero-order valence-corrected chi connectivity index (χ0v) is 14.9. The zero-order chi connectivity index (χ0) is 17.1. The lowest BCUT2D eigenvalue weighted by atomic mass is 9.99. The lowest BCUT2D eigenvalue weighted by Gasteiger charge is -2.29. The van der Waals surface area contributed by atoms with Crippen LogP contribution in [-0.4, -0.2) is 34.8 Å². The number of carbonyl (C=O) groups excluding carboxylic acids is 2. The average molecular weight is 364 g/mol. The molecule has 0 saturated carbocycles. The van der Waals surface area contributed by atoms with Crippen LogP contribution in [0.5, 0.6) is 0 Å². The summed E-state index contributed by atoms with van der Waals surface area (Å²) in [6, 6.07) is 6.69. The van der Waals surface area contributed by atoms with Crippen LogP contribution in [0.2, 0.25) is 5.02 Å². The minimum Gasteiger partial charge on any atom is -0.337 e. The number of thiazole rings is 1. The molecule has 2 aromatic rings. The zero-order valence-electron chi connectivity index (χ0n) is 13.3. The molecule has 2 heterocycles. The summed E-state index contributed by atoms with van der Waals surface area (Å²) in [6.07, 6.45) is 2.04. The highest BCUT2D eigenvalue weighted by atomic mass is 35.5. The molecule has 1 aliphatic rings. The van der Waals surface area contributed by atoms with Gasteiger partial charge in [-0.15, -0.1) is 11.3 Å². The summed E-state index contributed by atoms with van der Waals surface area (Å²) in [4.78, 5) is 30.7. The fraction of sp³-hybridized carbons (Fsp3) is 0.353. The van der Waals surface area contributed by atoms with Crippen LogP contribution >= 0.6 is 22.9 Å². The molecule has 0 spiro atoms. The van der Waals surface area contributed by atoms with Gasteiger partial charge in [-0.2, -0.15) is 0 Å². The number of anilines is 1. The monoisotopic (exact) mass is 363 g/mol. The largest absolute Gasteiger partial charge is 0.337 e. The van der Waals surface area contributed by atoms with Crippen LogP contribution in [0.1, 0.15) is 40.6 Å². The molecule has 0 atom stereocenters. The molecular formula is C17H18ClN3O2S. The van der Waals surface area contributed by atoms with E-state index in [-0.39, 0.29) is 11.8 Å². The summed E-state index contributed by atoms with van der Waals surface area (Å²) in [5.41, 5.74) is 0.839. The second kappa shape index (κ2) is 7.32. The highest BCUT2D eigenvalue weighted by Gasteiger charge is 2.23. The molecule has 1 aromatic carbocycles. The average Bonchev–Trinajstić information content (AvgIpc) is 3.03. The van der Waals surface area contributed by atoms with E-state index in [1.165, 1.54) is 11.3 Å². The lowest BCUT2D eigenvalue weighted by Crippen LogP contribution is -2.38. The maximum atomic E-state index is 12.5. The Morgan fingerprint density at radius 3 is 2.79 bits per heavy atom. The second-order valence-corrected chi connectivity index (χ2v) is 7.27. The third-order valence-corrected chi connectivity index (χ3v) is 5.09. The maximum Gasteiger partial charge on any atom is 0.273 e. The Bertz CT molecular complexity index is 754. The van der Waals surface area contributed by atoms with E-state index in [1.54, 1.807) is 29.6 Å². The molecular weight excluding hydrogens is 346 g/mol. The summed E-state index contributed by atoms with van der Waals surface area (Å²) in [7, 11) is 0. The fourth-order valence-corrected chi connectivity index (χ4v) is 3.47. The van der Waals surface area contributed by atoms with Crippen molar-refractivity contribution in [3.05, 3.63) is 45.9 Å². The molecule has 0 bridgehead atoms. The predicted molar refractivity (Wildman–Crippen MR) is 95.8 cm³/mol. The van der Waals surface area contributed by atoms with Gasteiger partial charge in [-0.1, -0.05) is 24.6 Å². The van der Waals surface area contributed by atoms with E-state index in [9.17, 15) is 9.59 Å². The van der Waals surface area contributed by atoms with E-state index < -0.39 is 0 Å². The normalized spacial score (nSPS) is 15.3. The fourth-order valence-electron chi connectivity index (χ4n) is 2.60. The topological polar surface area (TPSA) is 62.3 Å². The molecule has 24 heavy (non-hydrogen) atoms. The highest BCUT2D eigenvalue weighted by molar-refractivity contribution is 7.14. The Balaban J connectivity index is 1.65. The van der Waals surface area contributed by atoms with Gasteiger partial charge < -0.3 is 4.90 Å². The summed E-state index contributed by atoms with van der Waals surface area (Å²) >= 11 is 7.14. The number of nitrogens with one attached hydrogen (secondary N) is 1. The molecule has 2 amide bonds. The van der Waals surface area contributed by atoms with Crippen LogP contribution in [0.15, 0.2) is 29.6 Å². The van der Waals surface area contributed by atoms with Crippen LogP contribution < -0.4 is 5.32 Å². The molecule has 1 aromatic heterocycles. The van der Waals surface area contributed by atoms with E-state index in [4.69, 9.17) is 11.6 Å². The number of piperidine rings is 1. The van der Waals surface area contributed by atoms with Gasteiger partial charge in [-0.25, -0.2) is 4.98 Å². The van der Waals surface area contributed by atoms with Crippen molar-refractivity contribution in [1.82, 2.24) is 9.88 Å². The minimum atomic E-state index is -0.294. The van der Waals surface area contributed by atoms with Crippen molar-refractivity contribution in [3.8, 4) is 0 Å². The Kier molecular flexibility index (Phi) is 5.16. The first-order chi connectivity index (χ1) is 11.5. The number of amides is 2. The summed E-state index contributed by atoms with van der Waals surface area (Å²) in [6.45, 7) is 3.73. The molecule has 1 N–H and O–H groups in total. The van der Waals surface area contributed by atoms with Crippen LogP contribution in [0, 0.1) is 5.92 Å².